The quantitative estimate of drug-likeness (QED) is 0.138. The molecule has 0 N–H and O–H groups in total. The molecule has 12 heteroatoms. The van der Waals surface area contributed by atoms with Gasteiger partial charge in [-0.25, -0.2) is 0 Å². The molecular weight excluding hydrogens is 468 g/mol. The minimum absolute atomic E-state index is 0.111. The molecule has 0 aliphatic heterocycles. The Balaban J connectivity index is 5.60. The van der Waals surface area contributed by atoms with Gasteiger partial charge in [-0.3, -0.25) is 0 Å². The van der Waals surface area contributed by atoms with Gasteiger partial charge in [0.1, 0.15) is 0 Å². The zero-order valence-corrected chi connectivity index (χ0v) is 18.0. The van der Waals surface area contributed by atoms with Crippen LogP contribution in [0.1, 0.15) is 90.9 Å². The lowest BCUT2D eigenvalue weighted by atomic mass is 9.88. The van der Waals surface area contributed by atoms with Crippen molar-refractivity contribution in [2.45, 2.75) is 126 Å². The topological polar surface area (TPSA) is 0 Å². The van der Waals surface area contributed by atoms with Crippen LogP contribution in [0.25, 0.3) is 0 Å². The molecule has 0 fully saturated rings. The molecule has 0 nitrogen and oxygen atoms in total. The molecule has 0 saturated carbocycles. The highest BCUT2D eigenvalue weighted by atomic mass is 19.4. The van der Waals surface area contributed by atoms with E-state index in [9.17, 15) is 52.7 Å². The van der Waals surface area contributed by atoms with Gasteiger partial charge in [-0.1, -0.05) is 65.2 Å². The Bertz CT molecular complexity index is 543. The average Bonchev–Trinajstić information content (AvgIpc) is 2.67. The number of halogens is 12. The van der Waals surface area contributed by atoms with Gasteiger partial charge in [-0.2, -0.15) is 52.7 Å². The van der Waals surface area contributed by atoms with Gasteiger partial charge >= 0.3 is 35.5 Å². The van der Waals surface area contributed by atoms with Crippen molar-refractivity contribution in [1.29, 1.82) is 0 Å². The van der Waals surface area contributed by atoms with Crippen LogP contribution in [0.5, 0.6) is 0 Å². The summed E-state index contributed by atoms with van der Waals surface area (Å²) in [5.74, 6) is -40.5. The number of alkyl halides is 12. The first kappa shape index (κ1) is 31.2. The van der Waals surface area contributed by atoms with Crippen LogP contribution < -0.4 is 0 Å². The second-order valence-corrected chi connectivity index (χ2v) is 8.03. The van der Waals surface area contributed by atoms with E-state index in [1.165, 1.54) is 0 Å². The molecule has 194 valence electrons. The predicted molar refractivity (Wildman–Crippen MR) is 96.4 cm³/mol. The first-order chi connectivity index (χ1) is 14.4. The van der Waals surface area contributed by atoms with Crippen molar-refractivity contribution in [2.24, 2.45) is 0 Å². The molecule has 0 aromatic carbocycles. The van der Waals surface area contributed by atoms with Gasteiger partial charge in [-0.15, -0.1) is 0 Å². The molecule has 0 aliphatic carbocycles. The molecule has 0 atom stereocenters. The summed E-state index contributed by atoms with van der Waals surface area (Å²) < 4.78 is 165. The molecule has 0 aromatic rings. The van der Waals surface area contributed by atoms with E-state index in [0.717, 1.165) is 6.42 Å². The smallest absolute Gasteiger partial charge is 0.200 e. The molecule has 0 spiro atoms. The van der Waals surface area contributed by atoms with Crippen LogP contribution in [0.3, 0.4) is 0 Å². The van der Waals surface area contributed by atoms with E-state index in [1.54, 1.807) is 6.92 Å². The standard InChI is InChI=1S/C20H30F12/c1-3-5-7-9-10-12-14-16(23,24)18(27,28)20(31,32)19(29,30)17(25,26)15(21,22)13-11-8-6-4-2/h3-14H2,1-2H3. The zero-order chi connectivity index (χ0) is 25.5. The molecule has 0 radical (unpaired) electrons. The average molecular weight is 498 g/mol. The van der Waals surface area contributed by atoms with E-state index < -0.39 is 61.2 Å². The van der Waals surface area contributed by atoms with Crippen LogP contribution in [-0.2, 0) is 0 Å². The molecular formula is C20H30F12. The minimum Gasteiger partial charge on any atom is -0.200 e. The maximum absolute atomic E-state index is 13.8. The fourth-order valence-corrected chi connectivity index (χ4v) is 3.07. The van der Waals surface area contributed by atoms with Crippen LogP contribution in [0.2, 0.25) is 0 Å². The number of rotatable bonds is 17. The van der Waals surface area contributed by atoms with Crippen molar-refractivity contribution in [3.05, 3.63) is 0 Å². The van der Waals surface area contributed by atoms with Crippen LogP contribution in [0, 0.1) is 0 Å². The summed E-state index contributed by atoms with van der Waals surface area (Å²) in [6, 6.07) is 0. The fraction of sp³-hybridized carbons (Fsp3) is 1.00. The van der Waals surface area contributed by atoms with Crippen LogP contribution in [-0.4, -0.2) is 35.5 Å². The van der Waals surface area contributed by atoms with Gasteiger partial charge < -0.3 is 0 Å². The molecule has 0 heterocycles. The van der Waals surface area contributed by atoms with Crippen molar-refractivity contribution in [3.63, 3.8) is 0 Å². The molecule has 32 heavy (non-hydrogen) atoms. The molecule has 0 saturated heterocycles. The van der Waals surface area contributed by atoms with Crippen molar-refractivity contribution in [2.75, 3.05) is 0 Å². The molecule has 0 bridgehead atoms. The van der Waals surface area contributed by atoms with Gasteiger partial charge in [0.15, 0.2) is 0 Å². The first-order valence-electron chi connectivity index (χ1n) is 10.6. The largest absolute Gasteiger partial charge is 0.384 e. The second-order valence-electron chi connectivity index (χ2n) is 8.03. The number of unbranched alkanes of at least 4 members (excludes halogenated alkanes) is 8. The first-order valence-corrected chi connectivity index (χ1v) is 10.6. The monoisotopic (exact) mass is 498 g/mol. The Morgan fingerprint density at radius 2 is 0.594 bits per heavy atom. The normalized spacial score (nSPS) is 14.8. The van der Waals surface area contributed by atoms with Gasteiger partial charge in [-0.05, 0) is 12.8 Å². The Labute approximate surface area is 180 Å². The molecule has 0 aliphatic rings. The lowest BCUT2D eigenvalue weighted by Gasteiger charge is -2.41. The van der Waals surface area contributed by atoms with Crippen LogP contribution in [0.4, 0.5) is 52.7 Å². The van der Waals surface area contributed by atoms with Crippen LogP contribution >= 0.6 is 0 Å². The highest BCUT2D eigenvalue weighted by molar-refractivity contribution is 5.11. The van der Waals surface area contributed by atoms with E-state index in [2.05, 4.69) is 0 Å². The van der Waals surface area contributed by atoms with Gasteiger partial charge in [0.25, 0.3) is 0 Å². The third kappa shape index (κ3) is 6.39. The Kier molecular flexibility index (Phi) is 11.2. The predicted octanol–water partition coefficient (Wildman–Crippen LogP) is 9.52. The van der Waals surface area contributed by atoms with Crippen molar-refractivity contribution in [1.82, 2.24) is 0 Å². The van der Waals surface area contributed by atoms with Crippen molar-refractivity contribution >= 4 is 0 Å². The van der Waals surface area contributed by atoms with Gasteiger partial charge in [0.2, 0.25) is 0 Å². The van der Waals surface area contributed by atoms with E-state index in [4.69, 9.17) is 0 Å². The Hall–Kier alpha value is -0.840. The summed E-state index contributed by atoms with van der Waals surface area (Å²) in [7, 11) is 0. The maximum atomic E-state index is 13.8. The third-order valence-electron chi connectivity index (χ3n) is 5.29. The SMILES string of the molecule is CCCCCCCCC(F)(F)C(F)(F)C(F)(F)C(F)(F)C(F)(F)C(F)(F)CCCCCC. The van der Waals surface area contributed by atoms with Crippen molar-refractivity contribution < 1.29 is 52.7 Å². The summed E-state index contributed by atoms with van der Waals surface area (Å²) in [6.07, 6.45) is -2.81. The lowest BCUT2D eigenvalue weighted by Crippen LogP contribution is -2.70. The van der Waals surface area contributed by atoms with E-state index >= 15 is 0 Å². The highest BCUT2D eigenvalue weighted by Gasteiger charge is 2.89. The third-order valence-corrected chi connectivity index (χ3v) is 5.29. The lowest BCUT2D eigenvalue weighted by molar-refractivity contribution is -0.425. The number of hydrogen-bond acceptors (Lipinski definition) is 0. The summed E-state index contributed by atoms with van der Waals surface area (Å²) in [4.78, 5) is 0. The number of hydrogen-bond donors (Lipinski definition) is 0. The van der Waals surface area contributed by atoms with Gasteiger partial charge in [0.05, 0.1) is 0 Å². The van der Waals surface area contributed by atoms with E-state index in [1.807, 2.05) is 6.92 Å². The molecule has 0 unspecified atom stereocenters. The zero-order valence-electron chi connectivity index (χ0n) is 18.0. The molecule has 0 amide bonds. The highest BCUT2D eigenvalue weighted by Crippen LogP contribution is 2.61. The molecule has 0 aromatic heterocycles. The fourth-order valence-electron chi connectivity index (χ4n) is 3.07. The van der Waals surface area contributed by atoms with E-state index in [-0.39, 0.29) is 25.7 Å². The summed E-state index contributed by atoms with van der Waals surface area (Å²) in [5.41, 5.74) is 0. The summed E-state index contributed by atoms with van der Waals surface area (Å²) in [5, 5.41) is 0. The second kappa shape index (κ2) is 11.5. The van der Waals surface area contributed by atoms with Gasteiger partial charge in [0, 0.05) is 12.8 Å². The Morgan fingerprint density at radius 3 is 0.906 bits per heavy atom. The maximum Gasteiger partial charge on any atom is 0.384 e. The minimum atomic E-state index is -7.44. The van der Waals surface area contributed by atoms with E-state index in [0.29, 0.717) is 19.3 Å². The summed E-state index contributed by atoms with van der Waals surface area (Å²) >= 11 is 0. The van der Waals surface area contributed by atoms with Crippen LogP contribution in [0.15, 0.2) is 0 Å². The molecule has 0 rings (SSSR count). The summed E-state index contributed by atoms with van der Waals surface area (Å²) in [6.45, 7) is 3.43. The van der Waals surface area contributed by atoms with Crippen molar-refractivity contribution in [3.8, 4) is 0 Å². The Morgan fingerprint density at radius 1 is 0.344 bits per heavy atom.